The van der Waals surface area contributed by atoms with E-state index in [2.05, 4.69) is 15.6 Å². The van der Waals surface area contributed by atoms with E-state index in [9.17, 15) is 5.11 Å². The van der Waals surface area contributed by atoms with Gasteiger partial charge in [-0.15, -0.1) is 0 Å². The lowest BCUT2D eigenvalue weighted by Gasteiger charge is -2.19. The molecule has 7 heteroatoms. The van der Waals surface area contributed by atoms with E-state index in [0.717, 1.165) is 35.5 Å². The van der Waals surface area contributed by atoms with E-state index < -0.39 is 0 Å². The van der Waals surface area contributed by atoms with Crippen molar-refractivity contribution in [3.8, 4) is 23.0 Å². The Morgan fingerprint density at radius 2 is 1.60 bits per heavy atom. The monoisotopic (exact) mass is 413 g/mol. The lowest BCUT2D eigenvalue weighted by atomic mass is 10.1. The van der Waals surface area contributed by atoms with E-state index in [1.807, 2.05) is 18.2 Å². The summed E-state index contributed by atoms with van der Waals surface area (Å²) < 4.78 is 16.9. The molecule has 0 radical (unpaired) electrons. The third-order valence-electron chi connectivity index (χ3n) is 5.27. The second kappa shape index (κ2) is 10.6. The van der Waals surface area contributed by atoms with Gasteiger partial charge in [-0.2, -0.15) is 0 Å². The Balaban J connectivity index is 1.63. The number of ether oxygens (including phenoxy) is 3. The Kier molecular flexibility index (Phi) is 7.65. The van der Waals surface area contributed by atoms with Gasteiger partial charge in [-0.25, -0.2) is 0 Å². The molecule has 1 saturated carbocycles. The zero-order valence-corrected chi connectivity index (χ0v) is 17.9. The van der Waals surface area contributed by atoms with Crippen molar-refractivity contribution >= 4 is 5.96 Å². The number of aliphatic imine (C=N–C) groups is 1. The van der Waals surface area contributed by atoms with E-state index in [1.165, 1.54) is 12.8 Å². The van der Waals surface area contributed by atoms with Crippen LogP contribution in [0.4, 0.5) is 0 Å². The normalized spacial score (nSPS) is 14.4. The van der Waals surface area contributed by atoms with E-state index >= 15 is 0 Å². The highest BCUT2D eigenvalue weighted by Crippen LogP contribution is 2.30. The van der Waals surface area contributed by atoms with Crippen LogP contribution in [0.15, 0.2) is 41.4 Å². The largest absolute Gasteiger partial charge is 0.508 e. The standard InChI is InChI=1S/C23H31N3O4/c1-24-23(26-15-17-12-19(28-2)10-11-21(17)27)25-14-16-8-9-20(29-3)13-22(16)30-18-6-4-5-7-18/h8-13,18,27H,4-7,14-15H2,1-3H3,(H2,24,25,26). The Hall–Kier alpha value is -3.09. The van der Waals surface area contributed by atoms with Gasteiger partial charge >= 0.3 is 0 Å². The number of hydrogen-bond acceptors (Lipinski definition) is 5. The molecular weight excluding hydrogens is 382 g/mol. The molecule has 0 unspecified atom stereocenters. The van der Waals surface area contributed by atoms with E-state index in [1.54, 1.807) is 39.5 Å². The fraction of sp³-hybridized carbons (Fsp3) is 0.435. The van der Waals surface area contributed by atoms with E-state index in [-0.39, 0.29) is 11.9 Å². The van der Waals surface area contributed by atoms with Crippen LogP contribution < -0.4 is 24.8 Å². The van der Waals surface area contributed by atoms with Crippen molar-refractivity contribution in [2.75, 3.05) is 21.3 Å². The molecule has 30 heavy (non-hydrogen) atoms. The molecule has 2 aromatic carbocycles. The molecule has 0 atom stereocenters. The molecule has 0 amide bonds. The Morgan fingerprint density at radius 1 is 0.967 bits per heavy atom. The average molecular weight is 414 g/mol. The summed E-state index contributed by atoms with van der Waals surface area (Å²) in [6.07, 6.45) is 4.89. The first-order chi connectivity index (χ1) is 14.6. The Bertz CT molecular complexity index is 864. The summed E-state index contributed by atoms with van der Waals surface area (Å²) in [4.78, 5) is 4.27. The molecule has 0 spiro atoms. The van der Waals surface area contributed by atoms with Gasteiger partial charge in [0.15, 0.2) is 5.96 Å². The molecule has 0 heterocycles. The zero-order chi connectivity index (χ0) is 21.3. The smallest absolute Gasteiger partial charge is 0.191 e. The van der Waals surface area contributed by atoms with Crippen LogP contribution in [0.1, 0.15) is 36.8 Å². The fourth-order valence-electron chi connectivity index (χ4n) is 3.51. The van der Waals surface area contributed by atoms with Crippen molar-refractivity contribution in [2.24, 2.45) is 4.99 Å². The number of rotatable bonds is 8. The number of phenols is 1. The SMILES string of the molecule is CN=C(NCc1cc(OC)ccc1O)NCc1ccc(OC)cc1OC1CCCC1. The zero-order valence-electron chi connectivity index (χ0n) is 17.9. The van der Waals surface area contributed by atoms with Crippen LogP contribution in [0.25, 0.3) is 0 Å². The minimum absolute atomic E-state index is 0.209. The molecule has 1 aliphatic carbocycles. The van der Waals surface area contributed by atoms with Crippen LogP contribution in [-0.4, -0.2) is 38.4 Å². The topological polar surface area (TPSA) is 84.3 Å². The molecule has 0 saturated heterocycles. The maximum Gasteiger partial charge on any atom is 0.191 e. The summed E-state index contributed by atoms with van der Waals surface area (Å²) in [5.41, 5.74) is 1.77. The number of guanidine groups is 1. The summed E-state index contributed by atoms with van der Waals surface area (Å²) in [6.45, 7) is 0.965. The first-order valence-corrected chi connectivity index (χ1v) is 10.3. The Labute approximate surface area is 178 Å². The summed E-state index contributed by atoms with van der Waals surface area (Å²) in [5.74, 6) is 3.15. The number of benzene rings is 2. The van der Waals surface area contributed by atoms with E-state index in [0.29, 0.717) is 24.8 Å². The average Bonchev–Trinajstić information content (AvgIpc) is 3.28. The van der Waals surface area contributed by atoms with Gasteiger partial charge in [-0.1, -0.05) is 0 Å². The highest BCUT2D eigenvalue weighted by molar-refractivity contribution is 5.79. The molecule has 3 N–H and O–H groups in total. The van der Waals surface area contributed by atoms with Gasteiger partial charge in [0.25, 0.3) is 0 Å². The Morgan fingerprint density at radius 3 is 2.27 bits per heavy atom. The predicted octanol–water partition coefficient (Wildman–Crippen LogP) is 3.60. The van der Waals surface area contributed by atoms with Crippen LogP contribution in [0.2, 0.25) is 0 Å². The van der Waals surface area contributed by atoms with Crippen molar-refractivity contribution in [2.45, 2.75) is 44.9 Å². The first-order valence-electron chi connectivity index (χ1n) is 10.3. The molecule has 1 aliphatic rings. The number of hydrogen-bond donors (Lipinski definition) is 3. The number of aromatic hydroxyl groups is 1. The third-order valence-corrected chi connectivity index (χ3v) is 5.27. The highest BCUT2D eigenvalue weighted by Gasteiger charge is 2.18. The number of nitrogens with zero attached hydrogens (tertiary/aromatic N) is 1. The molecule has 3 rings (SSSR count). The van der Waals surface area contributed by atoms with E-state index in [4.69, 9.17) is 14.2 Å². The maximum absolute atomic E-state index is 10.1. The van der Waals surface area contributed by atoms with Gasteiger partial charge in [0, 0.05) is 37.3 Å². The molecule has 0 aliphatic heterocycles. The van der Waals surface area contributed by atoms with Crippen LogP contribution in [-0.2, 0) is 13.1 Å². The second-order valence-electron chi connectivity index (χ2n) is 7.27. The number of methoxy groups -OCH3 is 2. The van der Waals surface area contributed by atoms with Crippen LogP contribution >= 0.6 is 0 Å². The number of nitrogens with one attached hydrogen (secondary N) is 2. The maximum atomic E-state index is 10.1. The van der Waals surface area contributed by atoms with Gasteiger partial charge in [0.05, 0.1) is 20.3 Å². The van der Waals surface area contributed by atoms with Gasteiger partial charge < -0.3 is 30.0 Å². The second-order valence-corrected chi connectivity index (χ2v) is 7.27. The van der Waals surface area contributed by atoms with Crippen molar-refractivity contribution in [3.05, 3.63) is 47.5 Å². The lowest BCUT2D eigenvalue weighted by molar-refractivity contribution is 0.207. The highest BCUT2D eigenvalue weighted by atomic mass is 16.5. The lowest BCUT2D eigenvalue weighted by Crippen LogP contribution is -2.36. The van der Waals surface area contributed by atoms with Crippen molar-refractivity contribution in [1.29, 1.82) is 0 Å². The van der Waals surface area contributed by atoms with Crippen LogP contribution in [0.5, 0.6) is 23.0 Å². The van der Waals surface area contributed by atoms with Gasteiger partial charge in [-0.3, -0.25) is 4.99 Å². The van der Waals surface area contributed by atoms with Crippen LogP contribution in [0, 0.1) is 0 Å². The third kappa shape index (κ3) is 5.72. The summed E-state index contributed by atoms with van der Waals surface area (Å²) in [7, 11) is 4.97. The molecule has 1 fully saturated rings. The van der Waals surface area contributed by atoms with Crippen molar-refractivity contribution < 1.29 is 19.3 Å². The number of phenolic OH excluding ortho intramolecular Hbond substituents is 1. The minimum atomic E-state index is 0.209. The summed E-state index contributed by atoms with van der Waals surface area (Å²) in [5, 5.41) is 16.6. The molecular formula is C23H31N3O4. The fourth-order valence-corrected chi connectivity index (χ4v) is 3.51. The summed E-state index contributed by atoms with van der Waals surface area (Å²) in [6, 6.07) is 11.0. The van der Waals surface area contributed by atoms with Crippen molar-refractivity contribution in [3.63, 3.8) is 0 Å². The summed E-state index contributed by atoms with van der Waals surface area (Å²) >= 11 is 0. The molecule has 162 valence electrons. The molecule has 0 aromatic heterocycles. The first kappa shape index (κ1) is 21.6. The molecule has 0 bridgehead atoms. The van der Waals surface area contributed by atoms with Gasteiger partial charge in [-0.05, 0) is 56.0 Å². The van der Waals surface area contributed by atoms with Crippen LogP contribution in [0.3, 0.4) is 0 Å². The van der Waals surface area contributed by atoms with Gasteiger partial charge in [0.2, 0.25) is 0 Å². The molecule has 2 aromatic rings. The van der Waals surface area contributed by atoms with Gasteiger partial charge in [0.1, 0.15) is 23.0 Å². The van der Waals surface area contributed by atoms with Crippen molar-refractivity contribution in [1.82, 2.24) is 10.6 Å². The minimum Gasteiger partial charge on any atom is -0.508 e. The quantitative estimate of drug-likeness (QED) is 0.453. The molecule has 7 nitrogen and oxygen atoms in total. The predicted molar refractivity (Wildman–Crippen MR) is 118 cm³/mol.